The average molecular weight is 402 g/mol. The van der Waals surface area contributed by atoms with Crippen molar-refractivity contribution in [3.63, 3.8) is 0 Å². The Morgan fingerprint density at radius 3 is 2.57 bits per heavy atom. The Morgan fingerprint density at radius 2 is 1.83 bits per heavy atom. The smallest absolute Gasteiger partial charge is 0.335 e. The lowest BCUT2D eigenvalue weighted by Crippen LogP contribution is -2.38. The van der Waals surface area contributed by atoms with Gasteiger partial charge in [-0.05, 0) is 79.3 Å². The first-order valence-corrected chi connectivity index (χ1v) is 10.3. The summed E-state index contributed by atoms with van der Waals surface area (Å²) in [4.78, 5) is 11.3. The van der Waals surface area contributed by atoms with E-state index in [1.165, 1.54) is 11.1 Å². The van der Waals surface area contributed by atoms with E-state index in [-0.39, 0.29) is 11.2 Å². The highest BCUT2D eigenvalue weighted by atomic mass is 16.5. The number of carboxylic acids is 1. The van der Waals surface area contributed by atoms with Gasteiger partial charge < -0.3 is 14.6 Å². The number of benzene rings is 3. The number of hydrogen-bond donors (Lipinski definition) is 1. The van der Waals surface area contributed by atoms with Crippen LogP contribution < -0.4 is 9.47 Å². The molecule has 0 aromatic heterocycles. The molecule has 0 saturated carbocycles. The fourth-order valence-corrected chi connectivity index (χ4v) is 4.01. The number of rotatable bonds is 6. The molecule has 154 valence electrons. The molecule has 4 nitrogen and oxygen atoms in total. The van der Waals surface area contributed by atoms with Crippen LogP contribution in [0, 0.1) is 0 Å². The second-order valence-electron chi connectivity index (χ2n) is 8.01. The van der Waals surface area contributed by atoms with E-state index in [2.05, 4.69) is 25.1 Å². The minimum absolute atomic E-state index is 0.284. The highest BCUT2D eigenvalue weighted by Gasteiger charge is 2.32. The highest BCUT2D eigenvalue weighted by molar-refractivity contribution is 5.89. The summed E-state index contributed by atoms with van der Waals surface area (Å²) >= 11 is 0. The molecule has 4 heteroatoms. The first kappa shape index (κ1) is 20.0. The molecule has 4 rings (SSSR count). The van der Waals surface area contributed by atoms with Crippen LogP contribution in [0.2, 0.25) is 0 Å². The third-order valence-electron chi connectivity index (χ3n) is 5.60. The summed E-state index contributed by atoms with van der Waals surface area (Å²) in [5, 5.41) is 9.27. The van der Waals surface area contributed by atoms with Gasteiger partial charge in [0, 0.05) is 6.42 Å². The number of hydrogen-bond acceptors (Lipinski definition) is 3. The average Bonchev–Trinajstić information content (AvgIpc) is 2.75. The predicted octanol–water partition coefficient (Wildman–Crippen LogP) is 5.78. The van der Waals surface area contributed by atoms with Crippen molar-refractivity contribution in [1.82, 2.24) is 0 Å². The molecule has 1 N–H and O–H groups in total. The summed E-state index contributed by atoms with van der Waals surface area (Å²) in [6.07, 6.45) is 2.72. The molecular formula is C26H26O4. The second kappa shape index (κ2) is 8.23. The van der Waals surface area contributed by atoms with Crippen LogP contribution in [0.15, 0.2) is 66.7 Å². The molecule has 1 aliphatic rings. The van der Waals surface area contributed by atoms with E-state index in [1.54, 1.807) is 18.2 Å². The molecule has 3 aromatic carbocycles. The van der Waals surface area contributed by atoms with Crippen molar-refractivity contribution in [2.45, 2.75) is 38.7 Å². The second-order valence-corrected chi connectivity index (χ2v) is 8.01. The molecular weight excluding hydrogens is 376 g/mol. The quantitative estimate of drug-likeness (QED) is 0.568. The topological polar surface area (TPSA) is 55.8 Å². The molecule has 1 aliphatic heterocycles. The molecule has 0 fully saturated rings. The molecule has 0 aliphatic carbocycles. The summed E-state index contributed by atoms with van der Waals surface area (Å²) in [6, 6.07) is 21.4. The van der Waals surface area contributed by atoms with Gasteiger partial charge in [0.15, 0.2) is 0 Å². The van der Waals surface area contributed by atoms with Crippen LogP contribution in [0.25, 0.3) is 11.1 Å². The van der Waals surface area contributed by atoms with E-state index in [0.717, 1.165) is 41.9 Å². The molecule has 3 aromatic rings. The monoisotopic (exact) mass is 402 g/mol. The first-order valence-electron chi connectivity index (χ1n) is 10.3. The first-order chi connectivity index (χ1) is 14.5. The Balaban J connectivity index is 1.56. The van der Waals surface area contributed by atoms with Crippen LogP contribution >= 0.6 is 0 Å². The van der Waals surface area contributed by atoms with Gasteiger partial charge in [-0.2, -0.15) is 0 Å². The van der Waals surface area contributed by atoms with E-state index < -0.39 is 5.97 Å². The van der Waals surface area contributed by atoms with Gasteiger partial charge in [-0.3, -0.25) is 0 Å². The summed E-state index contributed by atoms with van der Waals surface area (Å²) in [6.45, 7) is 4.80. The standard InChI is InChI=1S/C26H26O4/c1-3-29-23-11-7-18(8-12-23)17-26(2)14-13-19-9-10-21(16-24(19)30-26)20-5-4-6-22(15-20)25(27)28/h4-12,15-16H,3,13-14,17H2,1-2H3,(H,27,28)/t26-/m0/s1. The van der Waals surface area contributed by atoms with Crippen LogP contribution in [0.4, 0.5) is 0 Å². The van der Waals surface area contributed by atoms with Crippen molar-refractivity contribution in [2.24, 2.45) is 0 Å². The van der Waals surface area contributed by atoms with Crippen LogP contribution in [0.1, 0.15) is 41.8 Å². The van der Waals surface area contributed by atoms with Crippen molar-refractivity contribution < 1.29 is 19.4 Å². The molecule has 0 amide bonds. The molecule has 30 heavy (non-hydrogen) atoms. The minimum Gasteiger partial charge on any atom is -0.494 e. The van der Waals surface area contributed by atoms with Crippen molar-refractivity contribution in [3.05, 3.63) is 83.4 Å². The maximum Gasteiger partial charge on any atom is 0.335 e. The normalized spacial score (nSPS) is 17.7. The zero-order valence-electron chi connectivity index (χ0n) is 17.4. The highest BCUT2D eigenvalue weighted by Crippen LogP contribution is 2.38. The predicted molar refractivity (Wildman–Crippen MR) is 118 cm³/mol. The Morgan fingerprint density at radius 1 is 1.07 bits per heavy atom. The Bertz CT molecular complexity index is 1050. The van der Waals surface area contributed by atoms with E-state index in [4.69, 9.17) is 9.47 Å². The van der Waals surface area contributed by atoms with Crippen molar-refractivity contribution in [2.75, 3.05) is 6.61 Å². The maximum atomic E-state index is 11.3. The van der Waals surface area contributed by atoms with E-state index in [1.807, 2.05) is 37.3 Å². The molecule has 0 unspecified atom stereocenters. The number of aryl methyl sites for hydroxylation is 1. The molecule has 1 atom stereocenters. The lowest BCUT2D eigenvalue weighted by molar-refractivity contribution is 0.0654. The summed E-state index contributed by atoms with van der Waals surface area (Å²) in [5.41, 5.74) is 4.24. The van der Waals surface area contributed by atoms with E-state index in [0.29, 0.717) is 6.61 Å². The van der Waals surface area contributed by atoms with Crippen LogP contribution in [-0.4, -0.2) is 23.3 Å². The molecule has 0 spiro atoms. The van der Waals surface area contributed by atoms with E-state index >= 15 is 0 Å². The summed E-state index contributed by atoms with van der Waals surface area (Å²) in [5.74, 6) is 0.844. The number of carboxylic acid groups (broad SMARTS) is 1. The van der Waals surface area contributed by atoms with Crippen LogP contribution in [0.5, 0.6) is 11.5 Å². The Kier molecular flexibility index (Phi) is 5.49. The Hall–Kier alpha value is -3.27. The lowest BCUT2D eigenvalue weighted by Gasteiger charge is -2.36. The van der Waals surface area contributed by atoms with Crippen molar-refractivity contribution in [1.29, 1.82) is 0 Å². The van der Waals surface area contributed by atoms with E-state index in [9.17, 15) is 9.90 Å². The fourth-order valence-electron chi connectivity index (χ4n) is 4.01. The third-order valence-corrected chi connectivity index (χ3v) is 5.60. The third kappa shape index (κ3) is 4.33. The largest absolute Gasteiger partial charge is 0.494 e. The van der Waals surface area contributed by atoms with Gasteiger partial charge in [0.2, 0.25) is 0 Å². The number of aromatic carboxylic acids is 1. The van der Waals surface area contributed by atoms with Crippen LogP contribution in [-0.2, 0) is 12.8 Å². The van der Waals surface area contributed by atoms with Crippen molar-refractivity contribution in [3.8, 4) is 22.6 Å². The minimum atomic E-state index is -0.922. The van der Waals surface area contributed by atoms with Gasteiger partial charge in [-0.25, -0.2) is 4.79 Å². The molecule has 0 radical (unpaired) electrons. The number of carbonyl (C=O) groups is 1. The van der Waals surface area contributed by atoms with Crippen molar-refractivity contribution >= 4 is 5.97 Å². The maximum absolute atomic E-state index is 11.3. The summed E-state index contributed by atoms with van der Waals surface area (Å²) in [7, 11) is 0. The van der Waals surface area contributed by atoms with Gasteiger partial charge >= 0.3 is 5.97 Å². The van der Waals surface area contributed by atoms with Gasteiger partial charge in [0.25, 0.3) is 0 Å². The zero-order chi connectivity index (χ0) is 21.1. The SMILES string of the molecule is CCOc1ccc(C[C@]2(C)CCc3ccc(-c4cccc(C(=O)O)c4)cc3O2)cc1. The van der Waals surface area contributed by atoms with Crippen LogP contribution in [0.3, 0.4) is 0 Å². The number of fused-ring (bicyclic) bond motifs is 1. The number of ether oxygens (including phenoxy) is 2. The van der Waals surface area contributed by atoms with Gasteiger partial charge in [0.05, 0.1) is 12.2 Å². The molecule has 0 bridgehead atoms. The molecule has 0 saturated heterocycles. The summed E-state index contributed by atoms with van der Waals surface area (Å²) < 4.78 is 12.0. The van der Waals surface area contributed by atoms with Gasteiger partial charge in [0.1, 0.15) is 17.1 Å². The van der Waals surface area contributed by atoms with Gasteiger partial charge in [-0.1, -0.05) is 36.4 Å². The molecule has 1 heterocycles. The lowest BCUT2D eigenvalue weighted by atomic mass is 9.86. The Labute approximate surface area is 177 Å². The van der Waals surface area contributed by atoms with Gasteiger partial charge in [-0.15, -0.1) is 0 Å². The fraction of sp³-hybridized carbons (Fsp3) is 0.269. The zero-order valence-corrected chi connectivity index (χ0v) is 17.4.